The normalized spacial score (nSPS) is 16.9. The molecular formula is C20H22F3N3O4. The topological polar surface area (TPSA) is 84.7 Å². The molecule has 0 saturated carbocycles. The average molecular weight is 425 g/mol. The van der Waals surface area contributed by atoms with Gasteiger partial charge < -0.3 is 14.7 Å². The van der Waals surface area contributed by atoms with Crippen LogP contribution >= 0.6 is 0 Å². The van der Waals surface area contributed by atoms with Crippen LogP contribution in [-0.2, 0) is 23.9 Å². The van der Waals surface area contributed by atoms with E-state index in [2.05, 4.69) is 5.10 Å². The van der Waals surface area contributed by atoms with Crippen molar-refractivity contribution < 1.29 is 32.6 Å². The van der Waals surface area contributed by atoms with Crippen LogP contribution in [0, 0.1) is 0 Å². The molecule has 0 spiro atoms. The molecule has 30 heavy (non-hydrogen) atoms. The largest absolute Gasteiger partial charge is 0.478 e. The minimum Gasteiger partial charge on any atom is -0.478 e. The fourth-order valence-electron chi connectivity index (χ4n) is 3.35. The predicted molar refractivity (Wildman–Crippen MR) is 100 cm³/mol. The van der Waals surface area contributed by atoms with Gasteiger partial charge in [-0.2, -0.15) is 18.3 Å². The SMILES string of the molecule is CC1Cc2c(c(C(F)(F)F)nn2-c2cccc(C(=O)O)c2)CN1C(=O)OC(C)(C)C. The van der Waals surface area contributed by atoms with Crippen LogP contribution in [-0.4, -0.2) is 43.5 Å². The number of carbonyl (C=O) groups is 2. The lowest BCUT2D eigenvalue weighted by Crippen LogP contribution is -2.45. The predicted octanol–water partition coefficient (Wildman–Crippen LogP) is 4.27. The second kappa shape index (κ2) is 7.33. The molecule has 10 heteroatoms. The highest BCUT2D eigenvalue weighted by Crippen LogP contribution is 2.37. The quantitative estimate of drug-likeness (QED) is 0.777. The summed E-state index contributed by atoms with van der Waals surface area (Å²) in [6.45, 7) is 6.45. The first kappa shape index (κ1) is 21.7. The molecule has 0 aliphatic carbocycles. The molecule has 1 amide bonds. The lowest BCUT2D eigenvalue weighted by atomic mass is 9.99. The van der Waals surface area contributed by atoms with E-state index in [-0.39, 0.29) is 35.5 Å². The van der Waals surface area contributed by atoms with Crippen LogP contribution in [0.3, 0.4) is 0 Å². The number of fused-ring (bicyclic) bond motifs is 1. The molecule has 1 aliphatic rings. The first-order valence-corrected chi connectivity index (χ1v) is 9.29. The van der Waals surface area contributed by atoms with Crippen molar-refractivity contribution in [2.75, 3.05) is 0 Å². The van der Waals surface area contributed by atoms with E-state index in [1.54, 1.807) is 27.7 Å². The van der Waals surface area contributed by atoms with Crippen LogP contribution in [0.5, 0.6) is 0 Å². The lowest BCUT2D eigenvalue weighted by Gasteiger charge is -2.35. The zero-order valence-corrected chi connectivity index (χ0v) is 16.9. The van der Waals surface area contributed by atoms with Gasteiger partial charge in [-0.3, -0.25) is 0 Å². The van der Waals surface area contributed by atoms with Gasteiger partial charge in [0.1, 0.15) is 5.60 Å². The number of hydrogen-bond acceptors (Lipinski definition) is 4. The van der Waals surface area contributed by atoms with Crippen molar-refractivity contribution in [2.24, 2.45) is 0 Å². The van der Waals surface area contributed by atoms with Gasteiger partial charge in [0.2, 0.25) is 0 Å². The van der Waals surface area contributed by atoms with Gasteiger partial charge in [0.25, 0.3) is 0 Å². The molecule has 1 aromatic heterocycles. The van der Waals surface area contributed by atoms with Gasteiger partial charge in [0.05, 0.1) is 23.5 Å². The van der Waals surface area contributed by atoms with E-state index in [0.29, 0.717) is 0 Å². The number of benzene rings is 1. The molecule has 0 bridgehead atoms. The second-order valence-electron chi connectivity index (χ2n) is 8.20. The Kier molecular flexibility index (Phi) is 5.30. The first-order chi connectivity index (χ1) is 13.8. The van der Waals surface area contributed by atoms with E-state index in [4.69, 9.17) is 4.74 Å². The van der Waals surface area contributed by atoms with E-state index in [1.807, 2.05) is 0 Å². The minimum absolute atomic E-state index is 0.0652. The monoisotopic (exact) mass is 425 g/mol. The summed E-state index contributed by atoms with van der Waals surface area (Å²) in [6.07, 6.45) is -5.33. The van der Waals surface area contributed by atoms with Crippen molar-refractivity contribution in [3.8, 4) is 5.69 Å². The number of carboxylic acid groups (broad SMARTS) is 1. The van der Waals surface area contributed by atoms with Gasteiger partial charge in [-0.1, -0.05) is 6.07 Å². The number of amides is 1. The Morgan fingerprint density at radius 1 is 1.23 bits per heavy atom. The third-order valence-corrected chi connectivity index (χ3v) is 4.67. The lowest BCUT2D eigenvalue weighted by molar-refractivity contribution is -0.142. The number of alkyl halides is 3. The van der Waals surface area contributed by atoms with Crippen molar-refractivity contribution in [1.82, 2.24) is 14.7 Å². The van der Waals surface area contributed by atoms with Crippen LogP contribution < -0.4 is 0 Å². The molecule has 1 aromatic carbocycles. The highest BCUT2D eigenvalue weighted by atomic mass is 19.4. The third-order valence-electron chi connectivity index (χ3n) is 4.67. The number of aromatic carboxylic acids is 1. The molecule has 1 unspecified atom stereocenters. The summed E-state index contributed by atoms with van der Waals surface area (Å²) in [4.78, 5) is 25.0. The van der Waals surface area contributed by atoms with Crippen LogP contribution in [0.1, 0.15) is 55.0 Å². The van der Waals surface area contributed by atoms with Gasteiger partial charge in [0, 0.05) is 18.0 Å². The zero-order chi connectivity index (χ0) is 22.4. The second-order valence-corrected chi connectivity index (χ2v) is 8.20. The number of aromatic nitrogens is 2. The highest BCUT2D eigenvalue weighted by Gasteiger charge is 2.43. The third kappa shape index (κ3) is 4.27. The molecular weight excluding hydrogens is 403 g/mol. The van der Waals surface area contributed by atoms with Gasteiger partial charge in [-0.25, -0.2) is 14.3 Å². The van der Waals surface area contributed by atoms with Gasteiger partial charge in [-0.15, -0.1) is 0 Å². The maximum atomic E-state index is 13.7. The summed E-state index contributed by atoms with van der Waals surface area (Å²) < 4.78 is 47.6. The van der Waals surface area contributed by atoms with Gasteiger partial charge >= 0.3 is 18.2 Å². The average Bonchev–Trinajstić information content (AvgIpc) is 2.98. The van der Waals surface area contributed by atoms with Crippen molar-refractivity contribution in [2.45, 2.75) is 58.5 Å². The summed E-state index contributed by atoms with van der Waals surface area (Å²) in [7, 11) is 0. The Hall–Kier alpha value is -3.04. The van der Waals surface area contributed by atoms with Crippen LogP contribution in [0.2, 0.25) is 0 Å². The van der Waals surface area contributed by atoms with E-state index >= 15 is 0 Å². The molecule has 1 atom stereocenters. The van der Waals surface area contributed by atoms with Crippen LogP contribution in [0.4, 0.5) is 18.0 Å². The number of carboxylic acids is 1. The van der Waals surface area contributed by atoms with E-state index in [0.717, 1.165) is 4.68 Å². The molecule has 1 aliphatic heterocycles. The molecule has 2 heterocycles. The summed E-state index contributed by atoms with van der Waals surface area (Å²) in [6, 6.07) is 5.11. The first-order valence-electron chi connectivity index (χ1n) is 9.29. The fourth-order valence-corrected chi connectivity index (χ4v) is 3.35. The summed E-state index contributed by atoms with van der Waals surface area (Å²) in [5.74, 6) is -1.20. The number of ether oxygens (including phenoxy) is 1. The molecule has 0 fully saturated rings. The van der Waals surface area contributed by atoms with Gasteiger partial charge in [-0.05, 0) is 45.9 Å². The number of halogens is 3. The van der Waals surface area contributed by atoms with Crippen molar-refractivity contribution >= 4 is 12.1 Å². The molecule has 3 rings (SSSR count). The van der Waals surface area contributed by atoms with E-state index in [1.165, 1.54) is 29.2 Å². The number of rotatable bonds is 2. The molecule has 162 valence electrons. The maximum absolute atomic E-state index is 13.7. The molecule has 1 N–H and O–H groups in total. The summed E-state index contributed by atoms with van der Waals surface area (Å²) >= 11 is 0. The Balaban J connectivity index is 2.09. The standard InChI is InChI=1S/C20H22F3N3O4/c1-11-8-15-14(10-25(11)18(29)30-19(2,3)4)16(20(21,22)23)24-26(15)13-7-5-6-12(9-13)17(27)28/h5-7,9,11H,8,10H2,1-4H3,(H,27,28). The number of nitrogens with zero attached hydrogens (tertiary/aromatic N) is 3. The van der Waals surface area contributed by atoms with Gasteiger partial charge in [0.15, 0.2) is 5.69 Å². The Morgan fingerprint density at radius 2 is 1.90 bits per heavy atom. The fraction of sp³-hybridized carbons (Fsp3) is 0.450. The van der Waals surface area contributed by atoms with Crippen molar-refractivity contribution in [3.63, 3.8) is 0 Å². The molecule has 2 aromatic rings. The van der Waals surface area contributed by atoms with Crippen LogP contribution in [0.25, 0.3) is 5.69 Å². The van der Waals surface area contributed by atoms with Crippen molar-refractivity contribution in [3.05, 3.63) is 46.8 Å². The highest BCUT2D eigenvalue weighted by molar-refractivity contribution is 5.88. The maximum Gasteiger partial charge on any atom is 0.435 e. The number of carbonyl (C=O) groups excluding carboxylic acids is 1. The zero-order valence-electron chi connectivity index (χ0n) is 16.9. The van der Waals surface area contributed by atoms with E-state index < -0.39 is 35.6 Å². The molecule has 0 saturated heterocycles. The Bertz CT molecular complexity index is 992. The molecule has 7 nitrogen and oxygen atoms in total. The number of hydrogen-bond donors (Lipinski definition) is 1. The smallest absolute Gasteiger partial charge is 0.435 e. The van der Waals surface area contributed by atoms with Crippen molar-refractivity contribution in [1.29, 1.82) is 0 Å². The minimum atomic E-state index is -4.74. The summed E-state index contributed by atoms with van der Waals surface area (Å²) in [5, 5.41) is 12.9. The Labute approximate surface area is 171 Å². The van der Waals surface area contributed by atoms with Crippen LogP contribution in [0.15, 0.2) is 24.3 Å². The Morgan fingerprint density at radius 3 is 2.47 bits per heavy atom. The van der Waals surface area contributed by atoms with E-state index in [9.17, 15) is 27.9 Å². The summed E-state index contributed by atoms with van der Waals surface area (Å²) in [5.41, 5.74) is -1.57. The molecule has 0 radical (unpaired) electrons.